The molecule has 134 valence electrons. The summed E-state index contributed by atoms with van der Waals surface area (Å²) in [5.74, 6) is -1.63. The largest absolute Gasteiger partial charge is 0.493 e. The Morgan fingerprint density at radius 2 is 1.96 bits per heavy atom. The fourth-order valence-electron chi connectivity index (χ4n) is 2.19. The van der Waals surface area contributed by atoms with Crippen LogP contribution in [0.5, 0.6) is 11.5 Å². The first-order valence-corrected chi connectivity index (χ1v) is 8.46. The molecule has 0 fully saturated rings. The highest BCUT2D eigenvalue weighted by molar-refractivity contribution is 7.07. The maximum atomic E-state index is 13.7. The highest BCUT2D eigenvalue weighted by Crippen LogP contribution is 2.29. The van der Waals surface area contributed by atoms with Crippen molar-refractivity contribution in [2.24, 2.45) is 0 Å². The quantitative estimate of drug-likeness (QED) is 0.698. The molecule has 2 aromatic carbocycles. The molecule has 0 aliphatic carbocycles. The van der Waals surface area contributed by atoms with Crippen LogP contribution in [0.15, 0.2) is 47.3 Å². The SMILES string of the molecule is COc1cc(C(=O)Nc2c(F)cccc2F)ccc1OCc1cscn1. The standard InChI is InChI=1S/C18H14F2N2O3S/c1-24-16-7-11(5-6-15(16)25-8-12-9-26-10-21-12)18(23)22-17-13(19)3-2-4-14(17)20/h2-7,9-10H,8H2,1H3,(H,22,23). The molecule has 0 bridgehead atoms. The number of thiazole rings is 1. The summed E-state index contributed by atoms with van der Waals surface area (Å²) in [6.07, 6.45) is 0. The van der Waals surface area contributed by atoms with Gasteiger partial charge >= 0.3 is 0 Å². The Morgan fingerprint density at radius 3 is 2.62 bits per heavy atom. The van der Waals surface area contributed by atoms with E-state index in [1.165, 1.54) is 36.6 Å². The molecule has 8 heteroatoms. The van der Waals surface area contributed by atoms with Gasteiger partial charge in [-0.2, -0.15) is 0 Å². The molecule has 1 N–H and O–H groups in total. The summed E-state index contributed by atoms with van der Waals surface area (Å²) in [5, 5.41) is 4.08. The number of hydrogen-bond acceptors (Lipinski definition) is 5. The van der Waals surface area contributed by atoms with E-state index in [2.05, 4.69) is 10.3 Å². The Morgan fingerprint density at radius 1 is 1.19 bits per heavy atom. The zero-order valence-electron chi connectivity index (χ0n) is 13.7. The molecule has 0 radical (unpaired) electrons. The Kier molecular flexibility index (Phi) is 5.43. The molecule has 3 aromatic rings. The summed E-state index contributed by atoms with van der Waals surface area (Å²) >= 11 is 1.46. The second-order valence-corrected chi connectivity index (χ2v) is 5.90. The van der Waals surface area contributed by atoms with Crippen molar-refractivity contribution < 1.29 is 23.0 Å². The van der Waals surface area contributed by atoms with Crippen molar-refractivity contribution in [3.8, 4) is 11.5 Å². The van der Waals surface area contributed by atoms with Gasteiger partial charge in [-0.05, 0) is 30.3 Å². The summed E-state index contributed by atoms with van der Waals surface area (Å²) in [6, 6.07) is 7.82. The minimum absolute atomic E-state index is 0.172. The number of rotatable bonds is 6. The highest BCUT2D eigenvalue weighted by Gasteiger charge is 2.16. The lowest BCUT2D eigenvalue weighted by molar-refractivity contribution is 0.102. The van der Waals surface area contributed by atoms with Gasteiger partial charge in [-0.25, -0.2) is 13.8 Å². The Labute approximate surface area is 152 Å². The Bertz CT molecular complexity index is 897. The van der Waals surface area contributed by atoms with Crippen molar-refractivity contribution in [2.45, 2.75) is 6.61 Å². The number of anilines is 1. The van der Waals surface area contributed by atoms with E-state index in [1.807, 2.05) is 5.38 Å². The molecule has 0 aliphatic heterocycles. The van der Waals surface area contributed by atoms with Crippen molar-refractivity contribution in [3.05, 3.63) is 70.2 Å². The van der Waals surface area contributed by atoms with Crippen LogP contribution < -0.4 is 14.8 Å². The zero-order valence-corrected chi connectivity index (χ0v) is 14.5. The number of hydrogen-bond donors (Lipinski definition) is 1. The first kappa shape index (κ1) is 17.8. The van der Waals surface area contributed by atoms with Crippen LogP contribution in [-0.4, -0.2) is 18.0 Å². The van der Waals surface area contributed by atoms with Gasteiger partial charge in [0.25, 0.3) is 5.91 Å². The number of aromatic nitrogens is 1. The number of carbonyl (C=O) groups excluding carboxylic acids is 1. The van der Waals surface area contributed by atoms with Crippen LogP contribution >= 0.6 is 11.3 Å². The Balaban J connectivity index is 1.76. The minimum atomic E-state index is -0.853. The molecule has 3 rings (SSSR count). The molecule has 0 spiro atoms. The van der Waals surface area contributed by atoms with E-state index in [4.69, 9.17) is 9.47 Å². The summed E-state index contributed by atoms with van der Waals surface area (Å²) in [6.45, 7) is 0.256. The molecular formula is C18H14F2N2O3S. The number of halogens is 2. The highest BCUT2D eigenvalue weighted by atomic mass is 32.1. The van der Waals surface area contributed by atoms with Crippen LogP contribution in [-0.2, 0) is 6.61 Å². The van der Waals surface area contributed by atoms with Gasteiger partial charge in [-0.15, -0.1) is 11.3 Å². The minimum Gasteiger partial charge on any atom is -0.493 e. The third-order valence-corrected chi connectivity index (χ3v) is 4.12. The first-order chi connectivity index (χ1) is 12.6. The number of benzene rings is 2. The molecule has 26 heavy (non-hydrogen) atoms. The molecule has 1 amide bonds. The van der Waals surface area contributed by atoms with E-state index in [9.17, 15) is 13.6 Å². The summed E-state index contributed by atoms with van der Waals surface area (Å²) in [7, 11) is 1.43. The average molecular weight is 376 g/mol. The van der Waals surface area contributed by atoms with Crippen molar-refractivity contribution in [1.29, 1.82) is 0 Å². The lowest BCUT2D eigenvalue weighted by Crippen LogP contribution is -2.14. The average Bonchev–Trinajstić information content (AvgIpc) is 3.16. The van der Waals surface area contributed by atoms with E-state index in [0.717, 1.165) is 17.8 Å². The van der Waals surface area contributed by atoms with Gasteiger partial charge in [0.1, 0.15) is 23.9 Å². The zero-order chi connectivity index (χ0) is 18.5. The van der Waals surface area contributed by atoms with Gasteiger partial charge in [0.2, 0.25) is 0 Å². The van der Waals surface area contributed by atoms with Gasteiger partial charge in [-0.3, -0.25) is 4.79 Å². The molecule has 0 aliphatic rings. The first-order valence-electron chi connectivity index (χ1n) is 7.51. The van der Waals surface area contributed by atoms with E-state index in [0.29, 0.717) is 11.5 Å². The fraction of sp³-hybridized carbons (Fsp3) is 0.111. The van der Waals surface area contributed by atoms with Crippen LogP contribution in [0.25, 0.3) is 0 Å². The number of nitrogens with one attached hydrogen (secondary N) is 1. The molecule has 0 atom stereocenters. The fourth-order valence-corrected chi connectivity index (χ4v) is 2.73. The van der Waals surface area contributed by atoms with Crippen LogP contribution in [0.3, 0.4) is 0 Å². The predicted molar refractivity (Wildman–Crippen MR) is 93.8 cm³/mol. The van der Waals surface area contributed by atoms with Gasteiger partial charge in [-0.1, -0.05) is 6.07 Å². The van der Waals surface area contributed by atoms with Crippen LogP contribution in [0.2, 0.25) is 0 Å². The van der Waals surface area contributed by atoms with Gasteiger partial charge in [0, 0.05) is 10.9 Å². The van der Waals surface area contributed by atoms with Crippen molar-refractivity contribution in [3.63, 3.8) is 0 Å². The van der Waals surface area contributed by atoms with E-state index in [-0.39, 0.29) is 12.2 Å². The van der Waals surface area contributed by atoms with Crippen LogP contribution in [0.4, 0.5) is 14.5 Å². The summed E-state index contributed by atoms with van der Waals surface area (Å²) in [5.41, 5.74) is 2.14. The second-order valence-electron chi connectivity index (χ2n) is 5.18. The van der Waals surface area contributed by atoms with Crippen molar-refractivity contribution in [2.75, 3.05) is 12.4 Å². The van der Waals surface area contributed by atoms with E-state index in [1.54, 1.807) is 11.6 Å². The Hall–Kier alpha value is -3.00. The molecule has 0 saturated carbocycles. The molecular weight excluding hydrogens is 362 g/mol. The maximum absolute atomic E-state index is 13.7. The van der Waals surface area contributed by atoms with Crippen molar-refractivity contribution in [1.82, 2.24) is 4.98 Å². The van der Waals surface area contributed by atoms with E-state index < -0.39 is 23.2 Å². The smallest absolute Gasteiger partial charge is 0.255 e. The number of amides is 1. The topological polar surface area (TPSA) is 60.5 Å². The molecule has 0 unspecified atom stereocenters. The number of para-hydroxylation sites is 1. The number of ether oxygens (including phenoxy) is 2. The second kappa shape index (κ2) is 7.92. The van der Waals surface area contributed by atoms with Crippen molar-refractivity contribution >= 4 is 22.9 Å². The van der Waals surface area contributed by atoms with Crippen LogP contribution in [0.1, 0.15) is 16.1 Å². The lowest BCUT2D eigenvalue weighted by atomic mass is 10.1. The molecule has 1 heterocycles. The molecule has 5 nitrogen and oxygen atoms in total. The van der Waals surface area contributed by atoms with Crippen LogP contribution in [0, 0.1) is 11.6 Å². The summed E-state index contributed by atoms with van der Waals surface area (Å²) < 4.78 is 38.2. The lowest BCUT2D eigenvalue weighted by Gasteiger charge is -2.12. The summed E-state index contributed by atoms with van der Waals surface area (Å²) in [4.78, 5) is 16.4. The molecule has 0 saturated heterocycles. The number of carbonyl (C=O) groups is 1. The predicted octanol–water partition coefficient (Wildman–Crippen LogP) is 4.26. The number of methoxy groups -OCH3 is 1. The van der Waals surface area contributed by atoms with E-state index >= 15 is 0 Å². The van der Waals surface area contributed by atoms with Gasteiger partial charge in [0.05, 0.1) is 18.3 Å². The number of nitrogens with zero attached hydrogens (tertiary/aromatic N) is 1. The third-order valence-electron chi connectivity index (χ3n) is 3.49. The molecule has 1 aromatic heterocycles. The third kappa shape index (κ3) is 3.97. The maximum Gasteiger partial charge on any atom is 0.255 e. The normalized spacial score (nSPS) is 10.4. The monoisotopic (exact) mass is 376 g/mol. The van der Waals surface area contributed by atoms with Gasteiger partial charge < -0.3 is 14.8 Å². The van der Waals surface area contributed by atoms with Gasteiger partial charge in [0.15, 0.2) is 11.5 Å².